The molecule has 0 aliphatic carbocycles. The van der Waals surface area contributed by atoms with Gasteiger partial charge in [-0.2, -0.15) is 4.39 Å². The van der Waals surface area contributed by atoms with Crippen molar-refractivity contribution in [3.63, 3.8) is 0 Å². The number of rotatable bonds is 5. The van der Waals surface area contributed by atoms with Crippen LogP contribution in [0.4, 0.5) is 8.78 Å². The lowest BCUT2D eigenvalue weighted by atomic mass is 9.85. The van der Waals surface area contributed by atoms with E-state index in [0.717, 1.165) is 0 Å². The van der Waals surface area contributed by atoms with Gasteiger partial charge in [0.15, 0.2) is 11.6 Å². The minimum absolute atomic E-state index is 0.0309. The molecule has 0 unspecified atom stereocenters. The van der Waals surface area contributed by atoms with Gasteiger partial charge >= 0.3 is 5.97 Å². The first-order valence-corrected chi connectivity index (χ1v) is 5.62. The van der Waals surface area contributed by atoms with E-state index in [1.807, 2.05) is 0 Å². The van der Waals surface area contributed by atoms with Crippen LogP contribution in [0.2, 0.25) is 0 Å². The summed E-state index contributed by atoms with van der Waals surface area (Å²) >= 11 is 0. The monoisotopic (exact) mass is 258 g/mol. The molecule has 0 aromatic heterocycles. The molecule has 1 aromatic carbocycles. The molecule has 0 amide bonds. The molecule has 0 aliphatic heterocycles. The average Bonchev–Trinajstić information content (AvgIpc) is 2.28. The van der Waals surface area contributed by atoms with Crippen LogP contribution in [-0.2, 0) is 11.2 Å². The molecule has 0 saturated heterocycles. The fraction of sp³-hybridized carbons (Fsp3) is 0.462. The Kier molecular flexibility index (Phi) is 4.27. The SMILES string of the molecule is CCOc1ccc(CC(C)(C)C(=O)O)c(F)c1F. The Morgan fingerprint density at radius 1 is 1.33 bits per heavy atom. The van der Waals surface area contributed by atoms with Crippen LogP contribution in [0.5, 0.6) is 5.75 Å². The highest BCUT2D eigenvalue weighted by molar-refractivity contribution is 5.74. The molecule has 1 aromatic rings. The Morgan fingerprint density at radius 2 is 1.94 bits per heavy atom. The maximum atomic E-state index is 13.7. The summed E-state index contributed by atoms with van der Waals surface area (Å²) in [4.78, 5) is 11.0. The third-order valence-electron chi connectivity index (χ3n) is 2.64. The normalized spacial score (nSPS) is 11.4. The van der Waals surface area contributed by atoms with E-state index >= 15 is 0 Å². The second-order valence-corrected chi connectivity index (χ2v) is 4.65. The van der Waals surface area contributed by atoms with Crippen LogP contribution in [0.25, 0.3) is 0 Å². The van der Waals surface area contributed by atoms with Crippen molar-refractivity contribution >= 4 is 5.97 Å². The smallest absolute Gasteiger partial charge is 0.309 e. The molecule has 0 spiro atoms. The molecule has 0 saturated carbocycles. The number of hydrogen-bond acceptors (Lipinski definition) is 2. The molecule has 1 N–H and O–H groups in total. The van der Waals surface area contributed by atoms with Gasteiger partial charge in [0.05, 0.1) is 12.0 Å². The number of carboxylic acids is 1. The van der Waals surface area contributed by atoms with Gasteiger partial charge in [0.25, 0.3) is 0 Å². The third-order valence-corrected chi connectivity index (χ3v) is 2.64. The number of carboxylic acid groups (broad SMARTS) is 1. The first-order valence-electron chi connectivity index (χ1n) is 5.62. The van der Waals surface area contributed by atoms with E-state index in [2.05, 4.69) is 0 Å². The predicted octanol–water partition coefficient (Wildman–Crippen LogP) is 3.02. The van der Waals surface area contributed by atoms with Crippen LogP contribution in [-0.4, -0.2) is 17.7 Å². The van der Waals surface area contributed by atoms with E-state index < -0.39 is 23.0 Å². The summed E-state index contributed by atoms with van der Waals surface area (Å²) in [6.07, 6.45) is -0.0858. The summed E-state index contributed by atoms with van der Waals surface area (Å²) in [6, 6.07) is 2.67. The third kappa shape index (κ3) is 2.97. The Labute approximate surface area is 104 Å². The van der Waals surface area contributed by atoms with Gasteiger partial charge in [0, 0.05) is 0 Å². The van der Waals surface area contributed by atoms with Crippen LogP contribution in [0.3, 0.4) is 0 Å². The van der Waals surface area contributed by atoms with Gasteiger partial charge in [0.1, 0.15) is 0 Å². The lowest BCUT2D eigenvalue weighted by Crippen LogP contribution is -2.26. The molecule has 0 bridgehead atoms. The lowest BCUT2D eigenvalue weighted by Gasteiger charge is -2.19. The molecule has 0 radical (unpaired) electrons. The minimum Gasteiger partial charge on any atom is -0.491 e. The summed E-state index contributed by atoms with van der Waals surface area (Å²) in [7, 11) is 0. The molecule has 0 aliphatic rings. The van der Waals surface area contributed by atoms with Crippen LogP contribution < -0.4 is 4.74 Å². The van der Waals surface area contributed by atoms with Crippen molar-refractivity contribution in [1.82, 2.24) is 0 Å². The van der Waals surface area contributed by atoms with Crippen molar-refractivity contribution in [1.29, 1.82) is 0 Å². The van der Waals surface area contributed by atoms with E-state index in [4.69, 9.17) is 9.84 Å². The molecule has 0 fully saturated rings. The van der Waals surface area contributed by atoms with Crippen molar-refractivity contribution in [3.05, 3.63) is 29.3 Å². The first kappa shape index (κ1) is 14.4. The van der Waals surface area contributed by atoms with E-state index in [1.165, 1.54) is 26.0 Å². The maximum Gasteiger partial charge on any atom is 0.309 e. The highest BCUT2D eigenvalue weighted by Crippen LogP contribution is 2.28. The molecular weight excluding hydrogens is 242 g/mol. The molecule has 3 nitrogen and oxygen atoms in total. The maximum absolute atomic E-state index is 13.7. The molecule has 18 heavy (non-hydrogen) atoms. The number of benzene rings is 1. The lowest BCUT2D eigenvalue weighted by molar-refractivity contribution is -0.146. The fourth-order valence-corrected chi connectivity index (χ4v) is 1.53. The van der Waals surface area contributed by atoms with E-state index in [0.29, 0.717) is 0 Å². The standard InChI is InChI=1S/C13H16F2O3/c1-4-18-9-6-5-8(10(14)11(9)15)7-13(2,3)12(16)17/h5-6H,4,7H2,1-3H3,(H,16,17). The number of carbonyl (C=O) groups is 1. The average molecular weight is 258 g/mol. The Bertz CT molecular complexity index is 456. The van der Waals surface area contributed by atoms with Gasteiger partial charge in [-0.3, -0.25) is 4.79 Å². The van der Waals surface area contributed by atoms with Crippen LogP contribution in [0.1, 0.15) is 26.3 Å². The molecular formula is C13H16F2O3. The second-order valence-electron chi connectivity index (χ2n) is 4.65. The van der Waals surface area contributed by atoms with Crippen molar-refractivity contribution < 1.29 is 23.4 Å². The molecule has 0 heterocycles. The summed E-state index contributed by atoms with van der Waals surface area (Å²) in [6.45, 7) is 4.82. The van der Waals surface area contributed by atoms with Gasteiger partial charge in [-0.05, 0) is 38.8 Å². The number of ether oxygens (including phenoxy) is 1. The zero-order valence-electron chi connectivity index (χ0n) is 10.6. The second kappa shape index (κ2) is 5.33. The van der Waals surface area contributed by atoms with E-state index in [9.17, 15) is 13.6 Å². The van der Waals surface area contributed by atoms with Gasteiger partial charge in [0.2, 0.25) is 5.82 Å². The number of aliphatic carboxylic acids is 1. The Balaban J connectivity index is 3.06. The molecule has 1 rings (SSSR count). The van der Waals surface area contributed by atoms with Gasteiger partial charge in [-0.1, -0.05) is 6.07 Å². The summed E-state index contributed by atoms with van der Waals surface area (Å²) in [5, 5.41) is 8.96. The van der Waals surface area contributed by atoms with Crippen molar-refractivity contribution in [2.45, 2.75) is 27.2 Å². The quantitative estimate of drug-likeness (QED) is 0.883. The van der Waals surface area contributed by atoms with Gasteiger partial charge < -0.3 is 9.84 Å². The van der Waals surface area contributed by atoms with Crippen molar-refractivity contribution in [2.24, 2.45) is 5.41 Å². The summed E-state index contributed by atoms with van der Waals surface area (Å²) in [5.74, 6) is -3.34. The topological polar surface area (TPSA) is 46.5 Å². The number of halogens is 2. The van der Waals surface area contributed by atoms with Crippen LogP contribution in [0, 0.1) is 17.0 Å². The van der Waals surface area contributed by atoms with E-state index in [1.54, 1.807) is 6.92 Å². The fourth-order valence-electron chi connectivity index (χ4n) is 1.53. The summed E-state index contributed by atoms with van der Waals surface area (Å²) in [5.41, 5.74) is -1.12. The Morgan fingerprint density at radius 3 is 2.44 bits per heavy atom. The van der Waals surface area contributed by atoms with Crippen molar-refractivity contribution in [3.8, 4) is 5.75 Å². The van der Waals surface area contributed by atoms with Crippen molar-refractivity contribution in [2.75, 3.05) is 6.61 Å². The molecule has 5 heteroatoms. The predicted molar refractivity (Wildman–Crippen MR) is 62.6 cm³/mol. The van der Waals surface area contributed by atoms with Gasteiger partial charge in [-0.15, -0.1) is 0 Å². The number of hydrogen-bond donors (Lipinski definition) is 1. The van der Waals surface area contributed by atoms with Gasteiger partial charge in [-0.25, -0.2) is 4.39 Å². The zero-order chi connectivity index (χ0) is 13.9. The highest BCUT2D eigenvalue weighted by atomic mass is 19.2. The van der Waals surface area contributed by atoms with E-state index in [-0.39, 0.29) is 24.3 Å². The largest absolute Gasteiger partial charge is 0.491 e. The van der Waals surface area contributed by atoms with Crippen LogP contribution >= 0.6 is 0 Å². The first-order chi connectivity index (χ1) is 8.29. The highest BCUT2D eigenvalue weighted by Gasteiger charge is 2.29. The summed E-state index contributed by atoms with van der Waals surface area (Å²) < 4.78 is 32.2. The van der Waals surface area contributed by atoms with Crippen LogP contribution in [0.15, 0.2) is 12.1 Å². The minimum atomic E-state index is -1.15. The Hall–Kier alpha value is -1.65. The molecule has 100 valence electrons. The molecule has 0 atom stereocenters. The zero-order valence-corrected chi connectivity index (χ0v) is 10.6.